The zero-order chi connectivity index (χ0) is 49.3. The van der Waals surface area contributed by atoms with E-state index in [1.807, 2.05) is 24.3 Å². The van der Waals surface area contributed by atoms with Crippen LogP contribution in [0.4, 0.5) is 0 Å². The van der Waals surface area contributed by atoms with Crippen molar-refractivity contribution in [3.63, 3.8) is 0 Å². The zero-order valence-electron chi connectivity index (χ0n) is 36.9. The van der Waals surface area contributed by atoms with Crippen LogP contribution < -0.4 is 10.6 Å². The van der Waals surface area contributed by atoms with Crippen molar-refractivity contribution in [2.75, 3.05) is 26.2 Å². The fraction of sp³-hybridized carbons (Fsp3) is 0.292. The first-order valence-electron chi connectivity index (χ1n) is 21.4. The predicted molar refractivity (Wildman–Crippen MR) is 247 cm³/mol. The molecule has 0 amide bonds. The predicted octanol–water partition coefficient (Wildman–Crippen LogP) is 5.57. The summed E-state index contributed by atoms with van der Waals surface area (Å²) in [7, 11) is 0. The molecule has 2 aliphatic heterocycles. The monoisotopic (exact) mass is 938 g/mol. The molecule has 2 fully saturated rings. The van der Waals surface area contributed by atoms with Crippen LogP contribution in [-0.4, -0.2) is 112 Å². The maximum Gasteiger partial charge on any atom is 0.328 e. The van der Waals surface area contributed by atoms with E-state index in [0.717, 1.165) is 86.5 Å². The van der Waals surface area contributed by atoms with Crippen molar-refractivity contribution in [1.29, 1.82) is 0 Å². The summed E-state index contributed by atoms with van der Waals surface area (Å²) >= 11 is 0. The lowest BCUT2D eigenvalue weighted by Gasteiger charge is -2.22. The molecule has 0 spiro atoms. The molecule has 0 saturated carbocycles. The molecule has 2 aliphatic rings. The highest BCUT2D eigenvalue weighted by Gasteiger charge is 2.20. The molecule has 8 N–H and O–H groups in total. The third-order valence-electron chi connectivity index (χ3n) is 10.2. The van der Waals surface area contributed by atoms with Crippen LogP contribution in [0.25, 0.3) is 22.1 Å². The number of carboxylic acid groups (broad SMARTS) is 6. The topological polar surface area (TPSA) is 310 Å². The summed E-state index contributed by atoms with van der Waals surface area (Å²) in [6.45, 7) is 6.03. The highest BCUT2D eigenvalue weighted by Crippen LogP contribution is 2.25. The van der Waals surface area contributed by atoms with Gasteiger partial charge in [0.15, 0.2) is 0 Å². The first-order valence-corrected chi connectivity index (χ1v) is 21.4. The Morgan fingerprint density at radius 1 is 0.485 bits per heavy atom. The smallest absolute Gasteiger partial charge is 0.328 e. The number of hydrogen-bond donors (Lipinski definition) is 8. The van der Waals surface area contributed by atoms with Gasteiger partial charge in [-0.25, -0.2) is 38.7 Å². The van der Waals surface area contributed by atoms with Gasteiger partial charge in [-0.1, -0.05) is 24.3 Å². The van der Waals surface area contributed by atoms with Crippen LogP contribution in [-0.2, 0) is 54.7 Å². The number of fused-ring (bicyclic) bond motifs is 2. The van der Waals surface area contributed by atoms with Gasteiger partial charge >= 0.3 is 35.8 Å². The lowest BCUT2D eigenvalue weighted by atomic mass is 9.94. The number of furan rings is 2. The summed E-state index contributed by atoms with van der Waals surface area (Å²) in [5.74, 6) is -1.75. The van der Waals surface area contributed by atoms with Crippen molar-refractivity contribution in [3.05, 3.63) is 145 Å². The summed E-state index contributed by atoms with van der Waals surface area (Å²) in [5, 5.41) is 53.7. The van der Waals surface area contributed by atoms with Gasteiger partial charge in [0.2, 0.25) is 0 Å². The summed E-state index contributed by atoms with van der Waals surface area (Å²) in [5.41, 5.74) is 4.56. The molecule has 6 heterocycles. The molecule has 0 radical (unpaired) electrons. The average Bonchev–Trinajstić information content (AvgIpc) is 4.15. The minimum Gasteiger partial charge on any atom is -0.478 e. The van der Waals surface area contributed by atoms with Crippen molar-refractivity contribution in [2.45, 2.75) is 51.6 Å². The maximum atomic E-state index is 9.55. The largest absolute Gasteiger partial charge is 0.478 e. The number of aliphatic carboxylic acids is 6. The van der Waals surface area contributed by atoms with E-state index in [4.69, 9.17) is 49.4 Å². The van der Waals surface area contributed by atoms with Gasteiger partial charge in [-0.05, 0) is 112 Å². The molecule has 20 nitrogen and oxygen atoms in total. The summed E-state index contributed by atoms with van der Waals surface area (Å²) in [6.07, 6.45) is 13.9. The van der Waals surface area contributed by atoms with Gasteiger partial charge in [0.25, 0.3) is 0 Å². The molecule has 0 aliphatic carbocycles. The highest BCUT2D eigenvalue weighted by molar-refractivity contribution is 5.90. The van der Waals surface area contributed by atoms with Gasteiger partial charge in [0.1, 0.15) is 23.2 Å². The quantitative estimate of drug-likeness (QED) is 0.0619. The second-order valence-electron chi connectivity index (χ2n) is 15.2. The standard InChI is InChI=1S/2C18H21N3O.3C4H4O4/c2*1-2-6-17-16(5-1)20-18(12-14-7-9-19-10-8-14)21(17)13-15-4-3-11-22-15;3*5-3(6)1-2-4(7)8/h2*1-6,11,14,19H,7-10,12-13H2;3*1-2H,(H,5,6)(H,7,8). The van der Waals surface area contributed by atoms with Crippen LogP contribution in [0.2, 0.25) is 0 Å². The molecule has 360 valence electrons. The summed E-state index contributed by atoms with van der Waals surface area (Å²) in [6, 6.07) is 24.7. The van der Waals surface area contributed by atoms with E-state index in [0.29, 0.717) is 36.5 Å². The molecule has 20 heteroatoms. The van der Waals surface area contributed by atoms with Gasteiger partial charge in [0, 0.05) is 49.3 Å². The Bertz CT molecular complexity index is 2370. The van der Waals surface area contributed by atoms with Gasteiger partial charge in [-0.3, -0.25) is 0 Å². The van der Waals surface area contributed by atoms with Crippen LogP contribution in [0, 0.1) is 11.8 Å². The van der Waals surface area contributed by atoms with Crippen molar-refractivity contribution in [1.82, 2.24) is 29.7 Å². The third kappa shape index (κ3) is 19.2. The number of carbonyl (C=O) groups is 6. The SMILES string of the molecule is O=C(O)C=CC(=O)O.O=C(O)C=CC(=O)O.O=C(O)C=CC(=O)O.c1coc(Cn2c(CC3CCNCC3)nc3ccccc32)c1.c1coc(Cn2c(CC3CCNCC3)nc3ccccc32)c1. The maximum absolute atomic E-state index is 9.55. The number of hydrogen-bond acceptors (Lipinski definition) is 12. The zero-order valence-corrected chi connectivity index (χ0v) is 36.9. The normalized spacial score (nSPS) is 13.9. The van der Waals surface area contributed by atoms with Crippen LogP contribution in [0.15, 0.2) is 131 Å². The molecule has 0 unspecified atom stereocenters. The first-order chi connectivity index (χ1) is 32.7. The molecule has 0 atom stereocenters. The minimum atomic E-state index is -1.26. The number of benzene rings is 2. The van der Waals surface area contributed by atoms with Crippen LogP contribution >= 0.6 is 0 Å². The van der Waals surface area contributed by atoms with E-state index < -0.39 is 35.8 Å². The van der Waals surface area contributed by atoms with Gasteiger partial charge in [-0.2, -0.15) is 0 Å². The molecular weight excluding hydrogens is 885 g/mol. The van der Waals surface area contributed by atoms with Gasteiger partial charge in [-0.15, -0.1) is 0 Å². The number of nitrogens with zero attached hydrogens (tertiary/aromatic N) is 4. The summed E-state index contributed by atoms with van der Waals surface area (Å²) in [4.78, 5) is 67.1. The Labute approximate surface area is 389 Å². The van der Waals surface area contributed by atoms with Crippen molar-refractivity contribution in [3.8, 4) is 0 Å². The number of nitrogens with one attached hydrogen (secondary N) is 2. The molecule has 0 bridgehead atoms. The molecule has 2 saturated heterocycles. The second-order valence-corrected chi connectivity index (χ2v) is 15.2. The second kappa shape index (κ2) is 28.1. The number of para-hydroxylation sites is 4. The fourth-order valence-electron chi connectivity index (χ4n) is 7.15. The van der Waals surface area contributed by atoms with E-state index in [-0.39, 0.29) is 0 Å². The third-order valence-corrected chi connectivity index (χ3v) is 10.2. The Morgan fingerprint density at radius 2 is 0.794 bits per heavy atom. The number of rotatable bonds is 14. The fourth-order valence-corrected chi connectivity index (χ4v) is 7.15. The molecular formula is C48H54N6O14. The van der Waals surface area contributed by atoms with Crippen molar-refractivity contribution < 1.29 is 68.2 Å². The Morgan fingerprint density at radius 3 is 1.07 bits per heavy atom. The molecule has 6 aromatic rings. The lowest BCUT2D eigenvalue weighted by Crippen LogP contribution is -2.29. The van der Waals surface area contributed by atoms with E-state index in [2.05, 4.69) is 68.3 Å². The molecule has 4 aromatic heterocycles. The van der Waals surface area contributed by atoms with Crippen molar-refractivity contribution in [2.24, 2.45) is 11.8 Å². The van der Waals surface area contributed by atoms with E-state index in [9.17, 15) is 28.8 Å². The van der Waals surface area contributed by atoms with Crippen molar-refractivity contribution >= 4 is 57.9 Å². The minimum absolute atomic E-state index is 0.558. The lowest BCUT2D eigenvalue weighted by molar-refractivity contribution is -0.134. The van der Waals surface area contributed by atoms with Gasteiger partial charge in [0.05, 0.1) is 47.7 Å². The highest BCUT2D eigenvalue weighted by atomic mass is 16.4. The van der Waals surface area contributed by atoms with E-state index in [1.165, 1.54) is 48.4 Å². The van der Waals surface area contributed by atoms with Crippen LogP contribution in [0.1, 0.15) is 48.9 Å². The van der Waals surface area contributed by atoms with Crippen LogP contribution in [0.3, 0.4) is 0 Å². The number of imidazole rings is 2. The van der Waals surface area contributed by atoms with E-state index in [1.54, 1.807) is 12.5 Å². The number of carboxylic acids is 6. The molecule has 68 heavy (non-hydrogen) atoms. The van der Waals surface area contributed by atoms with E-state index >= 15 is 0 Å². The summed E-state index contributed by atoms with van der Waals surface area (Å²) < 4.78 is 15.7. The number of aromatic nitrogens is 4. The van der Waals surface area contributed by atoms with Gasteiger partial charge < -0.3 is 59.2 Å². The number of piperidine rings is 2. The molecule has 8 rings (SSSR count). The average molecular weight is 939 g/mol. The Hall–Kier alpha value is -8.10. The van der Waals surface area contributed by atoms with Crippen LogP contribution in [0.5, 0.6) is 0 Å². The first kappa shape index (κ1) is 52.5. The molecule has 2 aromatic carbocycles. The Kier molecular flexibility index (Phi) is 21.7. The Balaban J connectivity index is 0.000000204.